The van der Waals surface area contributed by atoms with Crippen LogP contribution in [0.15, 0.2) is 18.2 Å². The zero-order chi connectivity index (χ0) is 15.6. The average Bonchev–Trinajstić information content (AvgIpc) is 2.59. The van der Waals surface area contributed by atoms with Gasteiger partial charge in [0.2, 0.25) is 0 Å². The number of hydrogen-bond donors (Lipinski definition) is 1. The first kappa shape index (κ1) is 16.0. The van der Waals surface area contributed by atoms with Gasteiger partial charge in [-0.25, -0.2) is 0 Å². The Kier molecular flexibility index (Phi) is 4.68. The van der Waals surface area contributed by atoms with Crippen LogP contribution in [0.3, 0.4) is 0 Å². The molecule has 116 valence electrons. The van der Waals surface area contributed by atoms with E-state index in [-0.39, 0.29) is 5.78 Å². The zero-order valence-corrected chi connectivity index (χ0v) is 11.8. The van der Waals surface area contributed by atoms with Crippen LogP contribution in [0.5, 0.6) is 0 Å². The SMILES string of the molecule is CC(=O)c1ccc2c(c1)CCN(CC(O)C(F)(F)F)CC2. The molecule has 0 saturated heterocycles. The predicted molar refractivity (Wildman–Crippen MR) is 72.4 cm³/mol. The van der Waals surface area contributed by atoms with Crippen LogP contribution >= 0.6 is 0 Å². The molecule has 3 nitrogen and oxygen atoms in total. The van der Waals surface area contributed by atoms with Gasteiger partial charge in [-0.15, -0.1) is 0 Å². The van der Waals surface area contributed by atoms with E-state index in [0.717, 1.165) is 11.1 Å². The summed E-state index contributed by atoms with van der Waals surface area (Å²) in [6.07, 6.45) is -5.69. The zero-order valence-electron chi connectivity index (χ0n) is 11.8. The highest BCUT2D eigenvalue weighted by Crippen LogP contribution is 2.23. The smallest absolute Gasteiger partial charge is 0.382 e. The van der Waals surface area contributed by atoms with Gasteiger partial charge in [0.25, 0.3) is 0 Å². The molecule has 1 aromatic carbocycles. The van der Waals surface area contributed by atoms with Gasteiger partial charge in [-0.05, 0) is 37.0 Å². The second-order valence-electron chi connectivity index (χ2n) is 5.40. The third-order valence-electron chi connectivity index (χ3n) is 3.82. The summed E-state index contributed by atoms with van der Waals surface area (Å²) in [5, 5.41) is 9.15. The lowest BCUT2D eigenvalue weighted by atomic mass is 9.99. The summed E-state index contributed by atoms with van der Waals surface area (Å²) in [5.74, 6) is -0.0219. The van der Waals surface area contributed by atoms with Crippen molar-refractivity contribution in [3.63, 3.8) is 0 Å². The Balaban J connectivity index is 2.05. The number of carbonyl (C=O) groups is 1. The predicted octanol–water partition coefficient (Wildman–Crippen LogP) is 2.21. The van der Waals surface area contributed by atoms with Crippen molar-refractivity contribution in [1.29, 1.82) is 0 Å². The number of carbonyl (C=O) groups excluding carboxylic acids is 1. The molecular weight excluding hydrogens is 283 g/mol. The molecule has 1 atom stereocenters. The third kappa shape index (κ3) is 4.04. The molecule has 1 aliphatic rings. The highest BCUT2D eigenvalue weighted by molar-refractivity contribution is 5.94. The number of ketones is 1. The van der Waals surface area contributed by atoms with E-state index in [9.17, 15) is 18.0 Å². The van der Waals surface area contributed by atoms with Gasteiger partial charge in [0.1, 0.15) is 0 Å². The summed E-state index contributed by atoms with van der Waals surface area (Å²) in [6.45, 7) is 2.00. The minimum Gasteiger partial charge on any atom is -0.382 e. The molecule has 21 heavy (non-hydrogen) atoms. The van der Waals surface area contributed by atoms with Gasteiger partial charge in [0.15, 0.2) is 11.9 Å². The molecule has 1 heterocycles. The van der Waals surface area contributed by atoms with Crippen LogP contribution in [0.4, 0.5) is 13.2 Å². The first-order chi connectivity index (χ1) is 9.77. The number of Topliss-reactive ketones (excluding diaryl/α,β-unsaturated/α-hetero) is 1. The van der Waals surface area contributed by atoms with Crippen LogP contribution in [-0.4, -0.2) is 47.7 Å². The molecule has 1 aromatic rings. The van der Waals surface area contributed by atoms with Crippen molar-refractivity contribution in [1.82, 2.24) is 4.90 Å². The fourth-order valence-electron chi connectivity index (χ4n) is 2.52. The number of aliphatic hydroxyl groups is 1. The fraction of sp³-hybridized carbons (Fsp3) is 0.533. The van der Waals surface area contributed by atoms with E-state index in [1.165, 1.54) is 6.92 Å². The van der Waals surface area contributed by atoms with Gasteiger partial charge >= 0.3 is 6.18 Å². The first-order valence-electron chi connectivity index (χ1n) is 6.87. The number of benzene rings is 1. The topological polar surface area (TPSA) is 40.5 Å². The van der Waals surface area contributed by atoms with Gasteiger partial charge in [0, 0.05) is 25.2 Å². The van der Waals surface area contributed by atoms with Crippen molar-refractivity contribution < 1.29 is 23.1 Å². The molecule has 1 aliphatic heterocycles. The number of nitrogens with zero attached hydrogens (tertiary/aromatic N) is 1. The molecule has 0 radical (unpaired) electrons. The minimum atomic E-state index is -4.58. The van der Waals surface area contributed by atoms with Crippen molar-refractivity contribution in [3.05, 3.63) is 34.9 Å². The molecule has 0 spiro atoms. The fourth-order valence-corrected chi connectivity index (χ4v) is 2.52. The minimum absolute atomic E-state index is 0.0219. The lowest BCUT2D eigenvalue weighted by Gasteiger charge is -2.24. The molecule has 0 aliphatic carbocycles. The lowest BCUT2D eigenvalue weighted by Crippen LogP contribution is -2.41. The Morgan fingerprint density at radius 3 is 2.48 bits per heavy atom. The van der Waals surface area contributed by atoms with Crippen molar-refractivity contribution in [3.8, 4) is 0 Å². The second-order valence-corrected chi connectivity index (χ2v) is 5.40. The molecule has 1 N–H and O–H groups in total. The van der Waals surface area contributed by atoms with E-state index >= 15 is 0 Å². The number of aliphatic hydroxyl groups excluding tert-OH is 1. The van der Waals surface area contributed by atoms with Gasteiger partial charge in [-0.3, -0.25) is 9.69 Å². The van der Waals surface area contributed by atoms with E-state index in [1.807, 2.05) is 12.1 Å². The molecule has 0 bridgehead atoms. The summed E-state index contributed by atoms with van der Waals surface area (Å²) in [4.78, 5) is 13.0. The maximum Gasteiger partial charge on any atom is 0.415 e. The van der Waals surface area contributed by atoms with Crippen LogP contribution < -0.4 is 0 Å². The molecule has 1 unspecified atom stereocenters. The quantitative estimate of drug-likeness (QED) is 0.870. The summed E-state index contributed by atoms with van der Waals surface area (Å²) in [5.41, 5.74) is 2.69. The summed E-state index contributed by atoms with van der Waals surface area (Å²) in [6, 6.07) is 5.44. The summed E-state index contributed by atoms with van der Waals surface area (Å²) < 4.78 is 37.2. The molecule has 0 fully saturated rings. The van der Waals surface area contributed by atoms with Gasteiger partial charge in [0.05, 0.1) is 0 Å². The van der Waals surface area contributed by atoms with E-state index in [2.05, 4.69) is 0 Å². The number of alkyl halides is 3. The van der Waals surface area contributed by atoms with Crippen LogP contribution in [0.1, 0.15) is 28.4 Å². The average molecular weight is 301 g/mol. The number of hydrogen-bond acceptors (Lipinski definition) is 3. The van der Waals surface area contributed by atoms with E-state index < -0.39 is 18.8 Å². The first-order valence-corrected chi connectivity index (χ1v) is 6.87. The molecule has 6 heteroatoms. The standard InChI is InChI=1S/C15H18F3NO2/c1-10(20)12-3-2-11-4-6-19(7-5-13(11)8-12)9-14(21)15(16,17)18/h2-3,8,14,21H,4-7,9H2,1H3. The van der Waals surface area contributed by atoms with Crippen LogP contribution in [0.25, 0.3) is 0 Å². The summed E-state index contributed by atoms with van der Waals surface area (Å²) >= 11 is 0. The van der Waals surface area contributed by atoms with E-state index in [0.29, 0.717) is 31.5 Å². The van der Waals surface area contributed by atoms with Crippen LogP contribution in [0, 0.1) is 0 Å². The third-order valence-corrected chi connectivity index (χ3v) is 3.82. The second kappa shape index (κ2) is 6.15. The lowest BCUT2D eigenvalue weighted by molar-refractivity contribution is -0.208. The largest absolute Gasteiger partial charge is 0.415 e. The molecule has 0 saturated carbocycles. The van der Waals surface area contributed by atoms with Crippen LogP contribution in [-0.2, 0) is 12.8 Å². The van der Waals surface area contributed by atoms with Gasteiger partial charge < -0.3 is 5.11 Å². The van der Waals surface area contributed by atoms with Crippen molar-refractivity contribution in [2.24, 2.45) is 0 Å². The van der Waals surface area contributed by atoms with Gasteiger partial charge in [-0.1, -0.05) is 12.1 Å². The Morgan fingerprint density at radius 1 is 1.29 bits per heavy atom. The number of fused-ring (bicyclic) bond motifs is 1. The summed E-state index contributed by atoms with van der Waals surface area (Å²) in [7, 11) is 0. The number of rotatable bonds is 3. The molecule has 0 amide bonds. The molecular formula is C15H18F3NO2. The maximum atomic E-state index is 12.4. The van der Waals surface area contributed by atoms with Crippen molar-refractivity contribution >= 4 is 5.78 Å². The monoisotopic (exact) mass is 301 g/mol. The maximum absolute atomic E-state index is 12.4. The Morgan fingerprint density at radius 2 is 1.90 bits per heavy atom. The highest BCUT2D eigenvalue weighted by atomic mass is 19.4. The van der Waals surface area contributed by atoms with Crippen molar-refractivity contribution in [2.45, 2.75) is 32.0 Å². The molecule has 0 aromatic heterocycles. The Bertz CT molecular complexity index is 528. The Labute approximate surface area is 121 Å². The number of β-amino-alcohol motifs (C(OH)–C–C–N with tert-alkyl or cyclic N) is 1. The van der Waals surface area contributed by atoms with Crippen molar-refractivity contribution in [2.75, 3.05) is 19.6 Å². The van der Waals surface area contributed by atoms with Crippen LogP contribution in [0.2, 0.25) is 0 Å². The normalized spacial score (nSPS) is 18.0. The van der Waals surface area contributed by atoms with E-state index in [1.54, 1.807) is 11.0 Å². The Hall–Kier alpha value is -1.40. The number of halogens is 3. The highest BCUT2D eigenvalue weighted by Gasteiger charge is 2.39. The van der Waals surface area contributed by atoms with Gasteiger partial charge in [-0.2, -0.15) is 13.2 Å². The van der Waals surface area contributed by atoms with E-state index in [4.69, 9.17) is 5.11 Å². The molecule has 2 rings (SSSR count).